The molecule has 95 valence electrons. The van der Waals surface area contributed by atoms with Crippen LogP contribution in [-0.4, -0.2) is 9.04 Å². The number of hydrogen-bond donors (Lipinski definition) is 1. The van der Waals surface area contributed by atoms with Crippen LogP contribution in [0.5, 0.6) is 5.75 Å². The summed E-state index contributed by atoms with van der Waals surface area (Å²) in [5.41, 5.74) is 5.81. The molecule has 1 aromatic heterocycles. The van der Waals surface area contributed by atoms with Gasteiger partial charge in [-0.1, -0.05) is 20.8 Å². The maximum atomic E-state index is 12.3. The molecule has 4 nitrogen and oxygen atoms in total. The third-order valence-electron chi connectivity index (χ3n) is 2.32. The Morgan fingerprint density at radius 1 is 1.41 bits per heavy atom. The number of nitrogens with two attached hydrogens (primary N) is 1. The van der Waals surface area contributed by atoms with E-state index in [4.69, 9.17) is 14.6 Å². The Kier molecular flexibility index (Phi) is 4.16. The van der Waals surface area contributed by atoms with Crippen molar-refractivity contribution in [2.45, 2.75) is 45.8 Å². The van der Waals surface area contributed by atoms with Crippen molar-refractivity contribution >= 4 is 9.04 Å². The first-order chi connectivity index (χ1) is 7.77. The van der Waals surface area contributed by atoms with Gasteiger partial charge in [-0.15, -0.1) is 0 Å². The summed E-state index contributed by atoms with van der Waals surface area (Å²) < 4.78 is 11.0. The van der Waals surface area contributed by atoms with E-state index in [-0.39, 0.29) is 17.4 Å². The van der Waals surface area contributed by atoms with Gasteiger partial charge in [-0.2, -0.15) is 0 Å². The van der Waals surface area contributed by atoms with Crippen LogP contribution in [0.2, 0.25) is 13.1 Å². The summed E-state index contributed by atoms with van der Waals surface area (Å²) in [7, 11) is -1.02. The molecule has 0 saturated carbocycles. The largest absolute Gasteiger partial charge is 0.538 e. The second kappa shape index (κ2) is 5.06. The fourth-order valence-electron chi connectivity index (χ4n) is 1.45. The van der Waals surface area contributed by atoms with Gasteiger partial charge in [0.25, 0.3) is 9.04 Å². The average molecular weight is 254 g/mol. The molecule has 0 atom stereocenters. The minimum atomic E-state index is -1.02. The zero-order valence-electron chi connectivity index (χ0n) is 11.1. The highest BCUT2D eigenvalue weighted by Crippen LogP contribution is 2.23. The first kappa shape index (κ1) is 14.0. The maximum Gasteiger partial charge on any atom is 0.274 e. The molecule has 0 fully saturated rings. The number of hydrogen-bond acceptors (Lipinski definition) is 4. The highest BCUT2D eigenvalue weighted by molar-refractivity contribution is 6.49. The fourth-order valence-corrected chi connectivity index (χ4v) is 2.07. The van der Waals surface area contributed by atoms with Gasteiger partial charge in [-0.05, 0) is 18.5 Å². The first-order valence-corrected chi connectivity index (χ1v) is 8.01. The van der Waals surface area contributed by atoms with Crippen molar-refractivity contribution in [3.05, 3.63) is 27.8 Å². The molecule has 0 unspecified atom stereocenters. The molecule has 0 aromatic carbocycles. The van der Waals surface area contributed by atoms with Crippen molar-refractivity contribution < 1.29 is 8.84 Å². The van der Waals surface area contributed by atoms with Crippen molar-refractivity contribution in [1.29, 1.82) is 0 Å². The van der Waals surface area contributed by atoms with E-state index in [0.717, 1.165) is 0 Å². The normalized spacial score (nSPS) is 11.9. The highest BCUT2D eigenvalue weighted by Gasteiger charge is 2.23. The lowest BCUT2D eigenvalue weighted by Crippen LogP contribution is -2.27. The molecular formula is C12H20NO3Si. The second-order valence-electron chi connectivity index (χ2n) is 5.20. The predicted molar refractivity (Wildman–Crippen MR) is 69.7 cm³/mol. The van der Waals surface area contributed by atoms with Crippen LogP contribution in [0, 0.1) is 0 Å². The smallest absolute Gasteiger partial charge is 0.274 e. The molecule has 0 aliphatic carbocycles. The Morgan fingerprint density at radius 3 is 2.41 bits per heavy atom. The summed E-state index contributed by atoms with van der Waals surface area (Å²) >= 11 is 0. The van der Waals surface area contributed by atoms with E-state index < -0.39 is 9.04 Å². The monoisotopic (exact) mass is 254 g/mol. The highest BCUT2D eigenvalue weighted by atomic mass is 28.3. The van der Waals surface area contributed by atoms with Crippen LogP contribution in [0.4, 0.5) is 0 Å². The van der Waals surface area contributed by atoms with E-state index in [1.165, 1.54) is 6.26 Å². The lowest BCUT2D eigenvalue weighted by molar-refractivity contribution is 0.424. The molecule has 0 aliphatic heterocycles. The Hall–Kier alpha value is -1.07. The SMILES string of the molecule is C[Si](C)Oc1c(CN)occ(C(C)(C)C)c1=O. The standard InChI is InChI=1S/C12H20NO3Si/c1-12(2,3)8-7-15-9(6-13)11(10(8)14)16-17(4)5/h7H,6,13H2,1-5H3. The second-order valence-corrected chi connectivity index (χ2v) is 7.22. The van der Waals surface area contributed by atoms with Gasteiger partial charge < -0.3 is 14.6 Å². The summed E-state index contributed by atoms with van der Waals surface area (Å²) in [5, 5.41) is 0. The molecule has 1 heterocycles. The molecule has 1 radical (unpaired) electrons. The quantitative estimate of drug-likeness (QED) is 0.838. The van der Waals surface area contributed by atoms with E-state index >= 15 is 0 Å². The zero-order chi connectivity index (χ0) is 13.2. The topological polar surface area (TPSA) is 65.5 Å². The molecule has 0 spiro atoms. The molecule has 5 heteroatoms. The number of rotatable bonds is 3. The predicted octanol–water partition coefficient (Wildman–Crippen LogP) is 2.03. The third kappa shape index (κ3) is 3.20. The van der Waals surface area contributed by atoms with Crippen LogP contribution in [-0.2, 0) is 12.0 Å². The van der Waals surface area contributed by atoms with Gasteiger partial charge in [-0.25, -0.2) is 0 Å². The van der Waals surface area contributed by atoms with Gasteiger partial charge in [0.05, 0.1) is 12.8 Å². The molecule has 0 saturated heterocycles. The molecule has 1 rings (SSSR count). The van der Waals surface area contributed by atoms with Crippen molar-refractivity contribution in [2.24, 2.45) is 5.73 Å². The average Bonchev–Trinajstić information content (AvgIpc) is 2.18. The van der Waals surface area contributed by atoms with Crippen molar-refractivity contribution in [3.63, 3.8) is 0 Å². The summed E-state index contributed by atoms with van der Waals surface area (Å²) in [5.74, 6) is 0.716. The lowest BCUT2D eigenvalue weighted by atomic mass is 9.88. The van der Waals surface area contributed by atoms with Crippen LogP contribution in [0.15, 0.2) is 15.5 Å². The van der Waals surface area contributed by atoms with E-state index in [9.17, 15) is 4.79 Å². The van der Waals surface area contributed by atoms with Crippen molar-refractivity contribution in [2.75, 3.05) is 0 Å². The van der Waals surface area contributed by atoms with Gasteiger partial charge in [0, 0.05) is 5.56 Å². The van der Waals surface area contributed by atoms with Crippen LogP contribution in [0.25, 0.3) is 0 Å². The van der Waals surface area contributed by atoms with Gasteiger partial charge in [0.2, 0.25) is 5.43 Å². The van der Waals surface area contributed by atoms with Gasteiger partial charge in [0.15, 0.2) is 11.5 Å². The van der Waals surface area contributed by atoms with E-state index in [0.29, 0.717) is 17.1 Å². The van der Waals surface area contributed by atoms with Crippen LogP contribution < -0.4 is 15.6 Å². The summed E-state index contributed by atoms with van der Waals surface area (Å²) in [6.07, 6.45) is 1.50. The molecule has 17 heavy (non-hydrogen) atoms. The summed E-state index contributed by atoms with van der Waals surface area (Å²) in [4.78, 5) is 12.3. The van der Waals surface area contributed by atoms with E-state index in [1.54, 1.807) is 0 Å². The first-order valence-electron chi connectivity index (χ1n) is 5.60. The van der Waals surface area contributed by atoms with E-state index in [1.807, 2.05) is 33.9 Å². The molecule has 0 bridgehead atoms. The third-order valence-corrected chi connectivity index (χ3v) is 2.94. The van der Waals surface area contributed by atoms with Gasteiger partial charge >= 0.3 is 0 Å². The van der Waals surface area contributed by atoms with Gasteiger partial charge in [-0.3, -0.25) is 4.79 Å². The van der Waals surface area contributed by atoms with E-state index in [2.05, 4.69) is 0 Å². The van der Waals surface area contributed by atoms with Crippen LogP contribution in [0.3, 0.4) is 0 Å². The maximum absolute atomic E-state index is 12.3. The minimum Gasteiger partial charge on any atom is -0.538 e. The molecule has 1 aromatic rings. The summed E-state index contributed by atoms with van der Waals surface area (Å²) in [6, 6.07) is 0. The fraction of sp³-hybridized carbons (Fsp3) is 0.583. The van der Waals surface area contributed by atoms with Crippen molar-refractivity contribution in [3.8, 4) is 5.75 Å². The summed E-state index contributed by atoms with van der Waals surface area (Å²) in [6.45, 7) is 10.0. The minimum absolute atomic E-state index is 0.101. The Bertz CT molecular complexity index is 446. The lowest BCUT2D eigenvalue weighted by Gasteiger charge is -2.19. The zero-order valence-corrected chi connectivity index (χ0v) is 12.1. The van der Waals surface area contributed by atoms with Gasteiger partial charge in [0.1, 0.15) is 0 Å². The molecule has 2 N–H and O–H groups in total. The molecular weight excluding hydrogens is 234 g/mol. The van der Waals surface area contributed by atoms with Crippen LogP contribution in [0.1, 0.15) is 32.1 Å². The molecule has 0 amide bonds. The molecule has 0 aliphatic rings. The Labute approximate surface area is 104 Å². The van der Waals surface area contributed by atoms with Crippen molar-refractivity contribution in [1.82, 2.24) is 0 Å². The van der Waals surface area contributed by atoms with Crippen LogP contribution >= 0.6 is 0 Å². The Morgan fingerprint density at radius 2 is 2.00 bits per heavy atom. The Balaban J connectivity index is 3.38.